The van der Waals surface area contributed by atoms with Gasteiger partial charge in [-0.3, -0.25) is 4.79 Å². The van der Waals surface area contributed by atoms with E-state index >= 15 is 0 Å². The number of halogens is 1. The number of thioether (sulfide) groups is 1. The van der Waals surface area contributed by atoms with Crippen molar-refractivity contribution in [1.29, 1.82) is 0 Å². The average molecular weight is 307 g/mol. The number of hydrogen-bond donors (Lipinski definition) is 0. The van der Waals surface area contributed by atoms with Crippen molar-refractivity contribution in [2.24, 2.45) is 0 Å². The van der Waals surface area contributed by atoms with Crippen molar-refractivity contribution >= 4 is 29.1 Å². The highest BCUT2D eigenvalue weighted by atomic mass is 35.5. The number of nitrogens with zero attached hydrogens (tertiary/aromatic N) is 2. The highest BCUT2D eigenvalue weighted by Crippen LogP contribution is 2.21. The van der Waals surface area contributed by atoms with Crippen molar-refractivity contribution < 1.29 is 4.79 Å². The molecule has 1 aromatic heterocycles. The summed E-state index contributed by atoms with van der Waals surface area (Å²) in [5, 5.41) is 1.11. The fraction of sp³-hybridized carbons (Fsp3) is 0.267. The molecule has 1 heterocycles. The molecule has 5 heteroatoms. The Hall–Kier alpha value is -1.39. The molecule has 3 nitrogen and oxygen atoms in total. The van der Waals surface area contributed by atoms with Crippen LogP contribution >= 0.6 is 23.4 Å². The van der Waals surface area contributed by atoms with Crippen LogP contribution in [-0.4, -0.2) is 21.5 Å². The third kappa shape index (κ3) is 3.38. The Morgan fingerprint density at radius 2 is 1.75 bits per heavy atom. The number of rotatable bonds is 4. The molecule has 2 aromatic rings. The molecule has 0 fully saturated rings. The number of aryl methyl sites for hydroxylation is 2. The summed E-state index contributed by atoms with van der Waals surface area (Å²) in [6, 6.07) is 7.07. The SMILES string of the molecule is Cc1nc(SCC(=O)c2ccccc2Cl)nc(C)c1C. The second kappa shape index (κ2) is 6.37. The maximum Gasteiger partial charge on any atom is 0.188 e. The van der Waals surface area contributed by atoms with Crippen LogP contribution in [0.25, 0.3) is 0 Å². The van der Waals surface area contributed by atoms with Gasteiger partial charge in [-0.1, -0.05) is 35.5 Å². The highest BCUT2D eigenvalue weighted by molar-refractivity contribution is 7.99. The van der Waals surface area contributed by atoms with Gasteiger partial charge in [0.1, 0.15) is 0 Å². The Morgan fingerprint density at radius 3 is 2.35 bits per heavy atom. The summed E-state index contributed by atoms with van der Waals surface area (Å²) in [7, 11) is 0. The van der Waals surface area contributed by atoms with E-state index in [1.165, 1.54) is 11.8 Å². The molecule has 20 heavy (non-hydrogen) atoms. The van der Waals surface area contributed by atoms with Gasteiger partial charge in [0.15, 0.2) is 10.9 Å². The maximum atomic E-state index is 12.1. The molecule has 0 aliphatic rings. The first-order valence-electron chi connectivity index (χ1n) is 6.21. The molecule has 0 aliphatic heterocycles. The molecule has 0 radical (unpaired) electrons. The molecule has 0 spiro atoms. The van der Waals surface area contributed by atoms with Gasteiger partial charge in [-0.05, 0) is 38.5 Å². The number of benzene rings is 1. The minimum atomic E-state index is -0.0138. The first-order valence-corrected chi connectivity index (χ1v) is 7.57. The molecular weight excluding hydrogens is 292 g/mol. The quantitative estimate of drug-likeness (QED) is 0.486. The smallest absolute Gasteiger partial charge is 0.188 e. The van der Waals surface area contributed by atoms with Crippen LogP contribution in [-0.2, 0) is 0 Å². The number of Topliss-reactive ketones (excluding diaryl/α,β-unsaturated/α-hetero) is 1. The fourth-order valence-corrected chi connectivity index (χ4v) is 2.76. The number of hydrogen-bond acceptors (Lipinski definition) is 4. The Bertz CT molecular complexity index is 635. The van der Waals surface area contributed by atoms with E-state index in [0.717, 1.165) is 17.0 Å². The zero-order valence-corrected chi connectivity index (χ0v) is 13.2. The van der Waals surface area contributed by atoms with E-state index in [1.54, 1.807) is 18.2 Å². The lowest BCUT2D eigenvalue weighted by molar-refractivity contribution is 0.102. The summed E-state index contributed by atoms with van der Waals surface area (Å²) in [6.45, 7) is 5.89. The zero-order valence-electron chi connectivity index (χ0n) is 11.6. The predicted molar refractivity (Wildman–Crippen MR) is 82.7 cm³/mol. The second-order valence-corrected chi connectivity index (χ2v) is 5.84. The predicted octanol–water partition coefficient (Wildman–Crippen LogP) is 4.03. The lowest BCUT2D eigenvalue weighted by Gasteiger charge is -2.07. The van der Waals surface area contributed by atoms with Gasteiger partial charge < -0.3 is 0 Å². The topological polar surface area (TPSA) is 42.9 Å². The van der Waals surface area contributed by atoms with E-state index in [4.69, 9.17) is 11.6 Å². The van der Waals surface area contributed by atoms with Gasteiger partial charge in [-0.2, -0.15) is 0 Å². The third-order valence-electron chi connectivity index (χ3n) is 3.12. The normalized spacial score (nSPS) is 10.6. The van der Waals surface area contributed by atoms with E-state index in [0.29, 0.717) is 15.7 Å². The molecule has 2 rings (SSSR count). The molecule has 0 saturated heterocycles. The minimum absolute atomic E-state index is 0.0138. The van der Waals surface area contributed by atoms with Gasteiger partial charge in [0.2, 0.25) is 0 Å². The first-order chi connectivity index (χ1) is 9.49. The van der Waals surface area contributed by atoms with Crippen molar-refractivity contribution in [3.63, 3.8) is 0 Å². The van der Waals surface area contributed by atoms with Crippen LogP contribution in [0.3, 0.4) is 0 Å². The Labute approximate surface area is 127 Å². The van der Waals surface area contributed by atoms with E-state index in [-0.39, 0.29) is 11.5 Å². The van der Waals surface area contributed by atoms with Crippen LogP contribution in [0.4, 0.5) is 0 Å². The second-order valence-electron chi connectivity index (χ2n) is 4.49. The van der Waals surface area contributed by atoms with Crippen LogP contribution in [0.1, 0.15) is 27.3 Å². The monoisotopic (exact) mass is 306 g/mol. The van der Waals surface area contributed by atoms with Crippen LogP contribution < -0.4 is 0 Å². The highest BCUT2D eigenvalue weighted by Gasteiger charge is 2.12. The van der Waals surface area contributed by atoms with Crippen molar-refractivity contribution in [3.8, 4) is 0 Å². The van der Waals surface area contributed by atoms with E-state index in [2.05, 4.69) is 9.97 Å². The van der Waals surface area contributed by atoms with E-state index in [9.17, 15) is 4.79 Å². The summed E-state index contributed by atoms with van der Waals surface area (Å²) in [4.78, 5) is 20.9. The van der Waals surface area contributed by atoms with Crippen LogP contribution in [0.5, 0.6) is 0 Å². The maximum absolute atomic E-state index is 12.1. The third-order valence-corrected chi connectivity index (χ3v) is 4.30. The number of carbonyl (C=O) groups is 1. The molecule has 0 saturated carbocycles. The standard InChI is InChI=1S/C15H15ClN2OS/c1-9-10(2)17-15(18-11(9)3)20-8-14(19)12-6-4-5-7-13(12)16/h4-7H,8H2,1-3H3. The molecule has 104 valence electrons. The Morgan fingerprint density at radius 1 is 1.15 bits per heavy atom. The number of aromatic nitrogens is 2. The summed E-state index contributed by atoms with van der Waals surface area (Å²) < 4.78 is 0. The van der Waals surface area contributed by atoms with Crippen molar-refractivity contribution in [1.82, 2.24) is 9.97 Å². The molecule has 1 aromatic carbocycles. The summed E-state index contributed by atoms with van der Waals surface area (Å²) in [6.07, 6.45) is 0. The Balaban J connectivity index is 2.10. The lowest BCUT2D eigenvalue weighted by Crippen LogP contribution is -2.05. The molecule has 0 unspecified atom stereocenters. The molecule has 0 atom stereocenters. The summed E-state index contributed by atoms with van der Waals surface area (Å²) >= 11 is 7.35. The van der Waals surface area contributed by atoms with Gasteiger partial charge in [0.05, 0.1) is 10.8 Å². The van der Waals surface area contributed by atoms with E-state index in [1.807, 2.05) is 26.8 Å². The molecular formula is C15H15ClN2OS. The van der Waals surface area contributed by atoms with Gasteiger partial charge in [0, 0.05) is 17.0 Å². The number of carbonyl (C=O) groups excluding carboxylic acids is 1. The first kappa shape index (κ1) is 15.0. The molecule has 0 amide bonds. The van der Waals surface area contributed by atoms with Gasteiger partial charge in [-0.25, -0.2) is 9.97 Å². The molecule has 0 N–H and O–H groups in total. The van der Waals surface area contributed by atoms with Crippen LogP contribution in [0, 0.1) is 20.8 Å². The van der Waals surface area contributed by atoms with Crippen molar-refractivity contribution in [2.45, 2.75) is 25.9 Å². The average Bonchev–Trinajstić information content (AvgIpc) is 2.42. The largest absolute Gasteiger partial charge is 0.293 e. The van der Waals surface area contributed by atoms with Gasteiger partial charge >= 0.3 is 0 Å². The molecule has 0 bridgehead atoms. The van der Waals surface area contributed by atoms with Crippen molar-refractivity contribution in [3.05, 3.63) is 51.8 Å². The van der Waals surface area contributed by atoms with Crippen LogP contribution in [0.2, 0.25) is 5.02 Å². The summed E-state index contributed by atoms with van der Waals surface area (Å²) in [5.74, 6) is 0.270. The minimum Gasteiger partial charge on any atom is -0.293 e. The Kier molecular flexibility index (Phi) is 4.78. The van der Waals surface area contributed by atoms with Crippen molar-refractivity contribution in [2.75, 3.05) is 5.75 Å². The fourth-order valence-electron chi connectivity index (χ4n) is 1.70. The van der Waals surface area contributed by atoms with Gasteiger partial charge in [0.25, 0.3) is 0 Å². The zero-order chi connectivity index (χ0) is 14.7. The van der Waals surface area contributed by atoms with E-state index < -0.39 is 0 Å². The van der Waals surface area contributed by atoms with Gasteiger partial charge in [-0.15, -0.1) is 0 Å². The molecule has 0 aliphatic carbocycles. The lowest BCUT2D eigenvalue weighted by atomic mass is 10.1. The number of ketones is 1. The van der Waals surface area contributed by atoms with Crippen LogP contribution in [0.15, 0.2) is 29.4 Å². The summed E-state index contributed by atoms with van der Waals surface area (Å²) in [5.41, 5.74) is 3.53.